The predicted octanol–water partition coefficient (Wildman–Crippen LogP) is 5.94. The molecule has 1 N–H and O–H groups in total. The summed E-state index contributed by atoms with van der Waals surface area (Å²) in [5.74, 6) is -5.11. The Balaban J connectivity index is 3.17. The highest BCUT2D eigenvalue weighted by molar-refractivity contribution is 6.06. The monoisotopic (exact) mass is 417 g/mol. The Labute approximate surface area is 163 Å². The van der Waals surface area contributed by atoms with Gasteiger partial charge in [0.05, 0.1) is 5.57 Å². The Kier molecular flexibility index (Phi) is 7.99. The average molecular weight is 417 g/mol. The van der Waals surface area contributed by atoms with Crippen LogP contribution in [0.1, 0.15) is 13.8 Å². The minimum Gasteiger partial charge on any atom is -0.322 e. The number of carbonyl (C=O) groups excluding carboxylic acids is 1. The van der Waals surface area contributed by atoms with Gasteiger partial charge in [-0.05, 0) is 38.1 Å². The van der Waals surface area contributed by atoms with E-state index in [1.807, 2.05) is 0 Å². The highest BCUT2D eigenvalue weighted by atomic mass is 19.4. The minimum absolute atomic E-state index is 0.165. The third-order valence-electron chi connectivity index (χ3n) is 3.43. The molecule has 1 rings (SSSR count). The summed E-state index contributed by atoms with van der Waals surface area (Å²) in [6.45, 7) is 9.05. The number of hydrazone groups is 1. The van der Waals surface area contributed by atoms with Crippen LogP contribution in [-0.2, 0) is 4.79 Å². The zero-order valence-corrected chi connectivity index (χ0v) is 15.4. The van der Waals surface area contributed by atoms with E-state index in [0.717, 1.165) is 23.2 Å². The first-order chi connectivity index (χ1) is 13.4. The quantitative estimate of drug-likeness (QED) is 0.196. The molecule has 1 amide bonds. The fourth-order valence-corrected chi connectivity index (χ4v) is 1.89. The maximum atomic E-state index is 14.5. The normalized spacial score (nSPS) is 13.2. The van der Waals surface area contributed by atoms with E-state index in [1.165, 1.54) is 19.9 Å². The summed E-state index contributed by atoms with van der Waals surface area (Å²) in [6.07, 6.45) is -3.06. The van der Waals surface area contributed by atoms with Crippen molar-refractivity contribution in [3.05, 3.63) is 72.3 Å². The predicted molar refractivity (Wildman–Crippen MR) is 100 cm³/mol. The number of hydrogen-bond donors (Lipinski definition) is 1. The van der Waals surface area contributed by atoms with Crippen LogP contribution < -0.4 is 10.3 Å². The van der Waals surface area contributed by atoms with Gasteiger partial charge in [0.1, 0.15) is 11.9 Å². The molecule has 29 heavy (non-hydrogen) atoms. The number of halogens is 6. The first-order valence-corrected chi connectivity index (χ1v) is 7.94. The van der Waals surface area contributed by atoms with E-state index in [1.54, 1.807) is 0 Å². The number of amides is 1. The SMILES string of the molecule is C=C/C(F)=C(/F)C(=C)C(=O)Nc1ccc(N(/N=C/C(F)(F)F)/C(C)=C\C)c(F)c1. The third-order valence-corrected chi connectivity index (χ3v) is 3.43. The van der Waals surface area contributed by atoms with Gasteiger partial charge in [-0.1, -0.05) is 19.2 Å². The van der Waals surface area contributed by atoms with Crippen LogP contribution in [0.15, 0.2) is 71.5 Å². The van der Waals surface area contributed by atoms with E-state index in [-0.39, 0.29) is 23.3 Å². The summed E-state index contributed by atoms with van der Waals surface area (Å²) < 4.78 is 78.4. The van der Waals surface area contributed by atoms with Crippen molar-refractivity contribution in [1.82, 2.24) is 0 Å². The number of carbonyl (C=O) groups is 1. The molecule has 4 nitrogen and oxygen atoms in total. The Bertz CT molecular complexity index is 900. The first-order valence-electron chi connectivity index (χ1n) is 7.94. The number of benzene rings is 1. The van der Waals surface area contributed by atoms with E-state index in [0.29, 0.717) is 6.08 Å². The van der Waals surface area contributed by atoms with Gasteiger partial charge >= 0.3 is 6.18 Å². The minimum atomic E-state index is -4.71. The van der Waals surface area contributed by atoms with Gasteiger partial charge in [0.25, 0.3) is 5.91 Å². The summed E-state index contributed by atoms with van der Waals surface area (Å²) in [4.78, 5) is 11.9. The average Bonchev–Trinajstić information content (AvgIpc) is 2.66. The number of nitrogens with zero attached hydrogens (tertiary/aromatic N) is 2. The molecule has 0 atom stereocenters. The van der Waals surface area contributed by atoms with E-state index in [4.69, 9.17) is 0 Å². The van der Waals surface area contributed by atoms with Crippen LogP contribution >= 0.6 is 0 Å². The lowest BCUT2D eigenvalue weighted by Gasteiger charge is -2.21. The molecule has 156 valence electrons. The molecule has 0 saturated heterocycles. The molecular weight excluding hydrogens is 400 g/mol. The van der Waals surface area contributed by atoms with Crippen molar-refractivity contribution in [3.8, 4) is 0 Å². The van der Waals surface area contributed by atoms with Crippen molar-refractivity contribution in [3.63, 3.8) is 0 Å². The fourth-order valence-electron chi connectivity index (χ4n) is 1.89. The van der Waals surface area contributed by atoms with Gasteiger partial charge in [-0.15, -0.1) is 0 Å². The molecule has 0 aliphatic rings. The molecule has 0 heterocycles. The summed E-state index contributed by atoms with van der Waals surface area (Å²) in [5, 5.41) is 6.05. The van der Waals surface area contributed by atoms with Crippen LogP contribution in [-0.4, -0.2) is 18.3 Å². The third kappa shape index (κ3) is 6.66. The molecule has 1 aromatic carbocycles. The smallest absolute Gasteiger partial charge is 0.322 e. The maximum absolute atomic E-state index is 14.5. The lowest BCUT2D eigenvalue weighted by molar-refractivity contribution is -0.112. The van der Waals surface area contributed by atoms with Crippen molar-refractivity contribution in [2.75, 3.05) is 10.3 Å². The van der Waals surface area contributed by atoms with Crippen LogP contribution in [0, 0.1) is 5.82 Å². The molecule has 0 spiro atoms. The second-order valence-electron chi connectivity index (χ2n) is 5.49. The molecule has 0 saturated carbocycles. The highest BCUT2D eigenvalue weighted by Crippen LogP contribution is 2.27. The second kappa shape index (κ2) is 9.76. The Morgan fingerprint density at radius 1 is 1.28 bits per heavy atom. The number of nitrogens with one attached hydrogen (secondary N) is 1. The van der Waals surface area contributed by atoms with Gasteiger partial charge in [0.2, 0.25) is 0 Å². The van der Waals surface area contributed by atoms with Crippen LogP contribution in [0.4, 0.5) is 37.7 Å². The lowest BCUT2D eigenvalue weighted by Crippen LogP contribution is -2.20. The molecule has 0 radical (unpaired) electrons. The summed E-state index contributed by atoms with van der Waals surface area (Å²) in [6, 6.07) is 2.99. The van der Waals surface area contributed by atoms with Crippen LogP contribution in [0.25, 0.3) is 0 Å². The molecular formula is C19H17F6N3O. The topological polar surface area (TPSA) is 44.7 Å². The molecule has 0 aromatic heterocycles. The van der Waals surface area contributed by atoms with Crippen LogP contribution in [0.2, 0.25) is 0 Å². The molecule has 1 aromatic rings. The second-order valence-corrected chi connectivity index (χ2v) is 5.49. The van der Waals surface area contributed by atoms with Crippen molar-refractivity contribution < 1.29 is 31.1 Å². The summed E-state index contributed by atoms with van der Waals surface area (Å²) in [7, 11) is 0. The van der Waals surface area contributed by atoms with E-state index < -0.39 is 35.1 Å². The van der Waals surface area contributed by atoms with Crippen LogP contribution in [0.3, 0.4) is 0 Å². The fraction of sp³-hybridized carbons (Fsp3) is 0.158. The molecule has 0 aliphatic carbocycles. The Morgan fingerprint density at radius 3 is 2.38 bits per heavy atom. The standard InChI is InChI=1S/C19H17F6N3O/c1-5-11(3)28(26-10-19(23,24)25)16-8-7-13(9-15(16)21)27-18(29)12(4)17(22)14(20)6-2/h5-10H,2,4H2,1,3H3,(H,27,29)/b11-5-,17-14-,26-10+. The van der Waals surface area contributed by atoms with E-state index in [2.05, 4.69) is 23.6 Å². The zero-order valence-electron chi connectivity index (χ0n) is 15.4. The zero-order chi connectivity index (χ0) is 22.4. The van der Waals surface area contributed by atoms with Gasteiger partial charge in [0.15, 0.2) is 17.5 Å². The maximum Gasteiger partial charge on any atom is 0.428 e. The van der Waals surface area contributed by atoms with E-state index >= 15 is 0 Å². The largest absolute Gasteiger partial charge is 0.428 e. The molecule has 0 unspecified atom stereocenters. The summed E-state index contributed by atoms with van der Waals surface area (Å²) in [5.41, 5.74) is -1.15. The van der Waals surface area contributed by atoms with Gasteiger partial charge < -0.3 is 5.32 Å². The molecule has 10 heteroatoms. The molecule has 0 aliphatic heterocycles. The number of alkyl halides is 3. The van der Waals surface area contributed by atoms with Crippen LogP contribution in [0.5, 0.6) is 0 Å². The Morgan fingerprint density at radius 2 is 1.90 bits per heavy atom. The highest BCUT2D eigenvalue weighted by Gasteiger charge is 2.25. The van der Waals surface area contributed by atoms with Crippen molar-refractivity contribution in [2.45, 2.75) is 20.0 Å². The van der Waals surface area contributed by atoms with Gasteiger partial charge in [0, 0.05) is 11.4 Å². The number of rotatable bonds is 7. The van der Waals surface area contributed by atoms with Crippen molar-refractivity contribution in [1.29, 1.82) is 0 Å². The van der Waals surface area contributed by atoms with Gasteiger partial charge in [-0.3, -0.25) is 4.79 Å². The number of hydrogen-bond acceptors (Lipinski definition) is 3. The summed E-state index contributed by atoms with van der Waals surface area (Å²) >= 11 is 0. The Hall–Kier alpha value is -3.30. The van der Waals surface area contributed by atoms with Crippen molar-refractivity contribution in [2.24, 2.45) is 5.10 Å². The molecule has 0 fully saturated rings. The van der Waals surface area contributed by atoms with Gasteiger partial charge in [-0.25, -0.2) is 18.2 Å². The lowest BCUT2D eigenvalue weighted by atomic mass is 10.2. The van der Waals surface area contributed by atoms with E-state index in [9.17, 15) is 31.1 Å². The number of allylic oxidation sites excluding steroid dienone is 4. The molecule has 0 bridgehead atoms. The van der Waals surface area contributed by atoms with Crippen molar-refractivity contribution >= 4 is 23.5 Å². The van der Waals surface area contributed by atoms with Gasteiger partial charge in [-0.2, -0.15) is 18.3 Å². The first kappa shape index (κ1) is 23.7. The number of anilines is 2.